The zero-order valence-electron chi connectivity index (χ0n) is 19.8. The van der Waals surface area contributed by atoms with Crippen molar-refractivity contribution in [1.82, 2.24) is 5.32 Å². The number of benzene rings is 2. The van der Waals surface area contributed by atoms with Crippen molar-refractivity contribution in [1.29, 1.82) is 0 Å². The number of allylic oxidation sites excluding steroid dienone is 3. The summed E-state index contributed by atoms with van der Waals surface area (Å²) in [5, 5.41) is 5.35. The van der Waals surface area contributed by atoms with Gasteiger partial charge in [0.25, 0.3) is 0 Å². The topological polar surface area (TPSA) is 64.6 Å². The molecule has 2 atom stereocenters. The highest BCUT2D eigenvalue weighted by Crippen LogP contribution is 2.46. The number of rotatable bonds is 7. The van der Waals surface area contributed by atoms with Crippen LogP contribution in [-0.2, 0) is 14.3 Å². The van der Waals surface area contributed by atoms with E-state index in [4.69, 9.17) is 9.47 Å². The molecular formula is C29H26FNO4S. The van der Waals surface area contributed by atoms with Gasteiger partial charge in [-0.1, -0.05) is 36.4 Å². The lowest BCUT2D eigenvalue weighted by atomic mass is 9.72. The first-order valence-electron chi connectivity index (χ1n) is 11.9. The van der Waals surface area contributed by atoms with Crippen molar-refractivity contribution in [3.05, 3.63) is 111 Å². The first-order chi connectivity index (χ1) is 17.5. The van der Waals surface area contributed by atoms with E-state index in [2.05, 4.69) is 11.4 Å². The van der Waals surface area contributed by atoms with Crippen LogP contribution in [-0.4, -0.2) is 25.0 Å². The van der Waals surface area contributed by atoms with Gasteiger partial charge in [-0.05, 0) is 54.6 Å². The van der Waals surface area contributed by atoms with E-state index in [1.807, 2.05) is 48.7 Å². The molecule has 184 valence electrons. The molecule has 36 heavy (non-hydrogen) atoms. The van der Waals surface area contributed by atoms with Crippen LogP contribution in [0.4, 0.5) is 4.39 Å². The summed E-state index contributed by atoms with van der Waals surface area (Å²) in [5.41, 5.74) is 3.06. The fraction of sp³-hybridized carbons (Fsp3) is 0.241. The number of para-hydroxylation sites is 1. The average Bonchev–Trinajstić information content (AvgIpc) is 3.42. The number of ketones is 1. The van der Waals surface area contributed by atoms with Crippen molar-refractivity contribution >= 4 is 23.1 Å². The van der Waals surface area contributed by atoms with E-state index in [9.17, 15) is 14.0 Å². The van der Waals surface area contributed by atoms with Crippen LogP contribution in [0.2, 0.25) is 0 Å². The highest BCUT2D eigenvalue weighted by atomic mass is 32.1. The van der Waals surface area contributed by atoms with E-state index >= 15 is 0 Å². The molecule has 0 fully saturated rings. The molecule has 2 heterocycles. The number of carbonyl (C=O) groups excluding carboxylic acids is 2. The molecule has 0 spiro atoms. The normalized spacial score (nSPS) is 19.6. The molecule has 2 aromatic carbocycles. The van der Waals surface area contributed by atoms with Gasteiger partial charge in [-0.15, -0.1) is 11.3 Å². The molecule has 0 unspecified atom stereocenters. The van der Waals surface area contributed by atoms with Crippen molar-refractivity contribution in [2.45, 2.75) is 31.6 Å². The van der Waals surface area contributed by atoms with Crippen LogP contribution in [0.5, 0.6) is 5.75 Å². The summed E-state index contributed by atoms with van der Waals surface area (Å²) in [7, 11) is 0. The third-order valence-corrected chi connectivity index (χ3v) is 7.56. The molecule has 0 radical (unpaired) electrons. The number of ether oxygens (including phenoxy) is 2. The Morgan fingerprint density at radius 1 is 1.03 bits per heavy atom. The Morgan fingerprint density at radius 2 is 1.81 bits per heavy atom. The number of hydrogen-bond acceptors (Lipinski definition) is 6. The number of carbonyl (C=O) groups is 2. The summed E-state index contributed by atoms with van der Waals surface area (Å²) in [4.78, 5) is 28.0. The molecule has 1 aliphatic carbocycles. The Labute approximate surface area is 213 Å². The number of esters is 1. The third kappa shape index (κ3) is 4.97. The van der Waals surface area contributed by atoms with Gasteiger partial charge in [0.2, 0.25) is 0 Å². The van der Waals surface area contributed by atoms with Gasteiger partial charge in [0.05, 0.1) is 5.57 Å². The van der Waals surface area contributed by atoms with Crippen molar-refractivity contribution in [2.24, 2.45) is 0 Å². The van der Waals surface area contributed by atoms with E-state index in [-0.39, 0.29) is 30.7 Å². The largest absolute Gasteiger partial charge is 0.490 e. The number of halogens is 1. The standard InChI is InChI=1S/C29H26FNO4S/c1-18-26(29(33)35-14-13-34-22-6-3-2-4-7-22)27(19-9-11-21(30)12-10-19)28-23(31-18)16-20(17-24(28)32)25-8-5-15-36-25/h2-12,15,20,27,31H,13-14,16-17H2,1H3/t20-,27+/m1/s1. The number of nitrogens with one attached hydrogen (secondary N) is 1. The zero-order valence-corrected chi connectivity index (χ0v) is 20.6. The van der Waals surface area contributed by atoms with Gasteiger partial charge in [0, 0.05) is 40.1 Å². The molecule has 7 heteroatoms. The van der Waals surface area contributed by atoms with Gasteiger partial charge in [-0.25, -0.2) is 9.18 Å². The summed E-state index contributed by atoms with van der Waals surface area (Å²) in [6.07, 6.45) is 1.04. The van der Waals surface area contributed by atoms with Crippen LogP contribution in [0.1, 0.15) is 42.0 Å². The summed E-state index contributed by atoms with van der Waals surface area (Å²) >= 11 is 1.64. The number of dihydropyridines is 1. The Balaban J connectivity index is 1.40. The molecule has 0 amide bonds. The zero-order chi connectivity index (χ0) is 25.1. The molecule has 1 N–H and O–H groups in total. The summed E-state index contributed by atoms with van der Waals surface area (Å²) in [6, 6.07) is 19.3. The van der Waals surface area contributed by atoms with Crippen LogP contribution in [0.3, 0.4) is 0 Å². The van der Waals surface area contributed by atoms with Crippen LogP contribution in [0.25, 0.3) is 0 Å². The van der Waals surface area contributed by atoms with Crippen molar-refractivity contribution in [3.8, 4) is 5.75 Å². The highest BCUT2D eigenvalue weighted by Gasteiger charge is 2.41. The molecule has 2 aliphatic rings. The van der Waals surface area contributed by atoms with Crippen molar-refractivity contribution < 1.29 is 23.5 Å². The molecule has 1 aliphatic heterocycles. The fourth-order valence-electron chi connectivity index (χ4n) is 4.91. The second-order valence-corrected chi connectivity index (χ2v) is 9.86. The van der Waals surface area contributed by atoms with Gasteiger partial charge in [-0.3, -0.25) is 4.79 Å². The molecule has 5 nitrogen and oxygen atoms in total. The smallest absolute Gasteiger partial charge is 0.336 e. The summed E-state index contributed by atoms with van der Waals surface area (Å²) < 4.78 is 25.0. The van der Waals surface area contributed by atoms with Crippen LogP contribution in [0.15, 0.2) is 94.7 Å². The maximum Gasteiger partial charge on any atom is 0.336 e. The number of hydrogen-bond donors (Lipinski definition) is 1. The van der Waals surface area contributed by atoms with E-state index in [1.165, 1.54) is 17.0 Å². The van der Waals surface area contributed by atoms with Gasteiger partial charge >= 0.3 is 5.97 Å². The Kier molecular flexibility index (Phi) is 7.00. The maximum absolute atomic E-state index is 13.7. The lowest BCUT2D eigenvalue weighted by Gasteiger charge is -2.36. The van der Waals surface area contributed by atoms with E-state index < -0.39 is 11.9 Å². The minimum absolute atomic E-state index is 0.0123. The van der Waals surface area contributed by atoms with E-state index in [1.54, 1.807) is 23.5 Å². The monoisotopic (exact) mass is 503 g/mol. The predicted molar refractivity (Wildman–Crippen MR) is 136 cm³/mol. The Bertz CT molecular complexity index is 1310. The van der Waals surface area contributed by atoms with Gasteiger partial charge < -0.3 is 14.8 Å². The summed E-state index contributed by atoms with van der Waals surface area (Å²) in [5.74, 6) is -0.754. The predicted octanol–water partition coefficient (Wildman–Crippen LogP) is 5.87. The second-order valence-electron chi connectivity index (χ2n) is 8.88. The molecule has 5 rings (SSSR count). The van der Waals surface area contributed by atoms with Gasteiger partial charge in [0.15, 0.2) is 5.78 Å². The third-order valence-electron chi connectivity index (χ3n) is 6.52. The van der Waals surface area contributed by atoms with E-state index in [0.29, 0.717) is 41.0 Å². The lowest BCUT2D eigenvalue weighted by molar-refractivity contribution is -0.140. The molecular weight excluding hydrogens is 477 g/mol. The second kappa shape index (κ2) is 10.5. The minimum Gasteiger partial charge on any atom is -0.490 e. The fourth-order valence-corrected chi connectivity index (χ4v) is 5.74. The van der Waals surface area contributed by atoms with Crippen LogP contribution in [0, 0.1) is 5.82 Å². The first kappa shape index (κ1) is 24.0. The Hall–Kier alpha value is -3.71. The first-order valence-corrected chi connectivity index (χ1v) is 12.8. The Morgan fingerprint density at radius 3 is 2.53 bits per heavy atom. The molecule has 0 saturated heterocycles. The SMILES string of the molecule is CC1=C(C(=O)OCCOc2ccccc2)[C@H](c2ccc(F)cc2)C2=C(C[C@@H](c3cccs3)CC2=O)N1. The highest BCUT2D eigenvalue weighted by molar-refractivity contribution is 7.10. The molecule has 1 aromatic heterocycles. The molecule has 3 aromatic rings. The minimum atomic E-state index is -0.624. The van der Waals surface area contributed by atoms with Gasteiger partial charge in [0.1, 0.15) is 24.8 Å². The maximum atomic E-state index is 13.7. The van der Waals surface area contributed by atoms with Crippen LogP contribution >= 0.6 is 11.3 Å². The number of Topliss-reactive ketones (excluding diaryl/α,β-unsaturated/α-hetero) is 1. The van der Waals surface area contributed by atoms with Crippen molar-refractivity contribution in [2.75, 3.05) is 13.2 Å². The molecule has 0 saturated carbocycles. The van der Waals surface area contributed by atoms with E-state index in [0.717, 1.165) is 5.70 Å². The lowest BCUT2D eigenvalue weighted by Crippen LogP contribution is -2.36. The number of thiophene rings is 1. The van der Waals surface area contributed by atoms with Gasteiger partial charge in [-0.2, -0.15) is 0 Å². The summed E-state index contributed by atoms with van der Waals surface area (Å²) in [6.45, 7) is 2.07. The van der Waals surface area contributed by atoms with Crippen LogP contribution < -0.4 is 10.1 Å². The van der Waals surface area contributed by atoms with Crippen molar-refractivity contribution in [3.63, 3.8) is 0 Å². The quantitative estimate of drug-likeness (QED) is 0.323. The average molecular weight is 504 g/mol. The molecule has 0 bridgehead atoms.